The molecule has 2 heterocycles. The summed E-state index contributed by atoms with van der Waals surface area (Å²) in [5.41, 5.74) is -5.39. The van der Waals surface area contributed by atoms with Crippen LogP contribution >= 0.6 is 22.9 Å². The largest absolute Gasteiger partial charge is 0.431 e. The predicted molar refractivity (Wildman–Crippen MR) is 93.5 cm³/mol. The van der Waals surface area contributed by atoms with Crippen LogP contribution in [0.25, 0.3) is 15.9 Å². The van der Waals surface area contributed by atoms with Gasteiger partial charge in [-0.15, -0.1) is 11.3 Å². The second kappa shape index (κ2) is 6.39. The molecule has 0 N–H and O–H groups in total. The Morgan fingerprint density at radius 3 is 2.36 bits per heavy atom. The van der Waals surface area contributed by atoms with E-state index in [1.165, 1.54) is 0 Å². The summed E-state index contributed by atoms with van der Waals surface area (Å²) >= 11 is 6.30. The van der Waals surface area contributed by atoms with Crippen LogP contribution in [0.2, 0.25) is 5.02 Å². The van der Waals surface area contributed by atoms with Crippen LogP contribution < -0.4 is 11.2 Å². The summed E-state index contributed by atoms with van der Waals surface area (Å²) in [5.74, 6) is -1.21. The summed E-state index contributed by atoms with van der Waals surface area (Å²) in [7, 11) is -3.08. The van der Waals surface area contributed by atoms with Crippen LogP contribution in [0.3, 0.4) is 0 Å². The normalized spacial score (nSPS) is 12.7. The number of sulfone groups is 1. The third kappa shape index (κ3) is 3.22. The van der Waals surface area contributed by atoms with E-state index in [9.17, 15) is 35.6 Å². The van der Waals surface area contributed by atoms with Gasteiger partial charge in [0, 0.05) is 19.4 Å². The Morgan fingerprint density at radius 1 is 1.21 bits per heavy atom. The fourth-order valence-corrected chi connectivity index (χ4v) is 4.70. The molecule has 1 aromatic carbocycles. The summed E-state index contributed by atoms with van der Waals surface area (Å²) in [6.45, 7) is 0. The Labute approximate surface area is 162 Å². The third-order valence-corrected chi connectivity index (χ3v) is 6.71. The van der Waals surface area contributed by atoms with Gasteiger partial charge in [0.25, 0.3) is 5.56 Å². The minimum absolute atomic E-state index is 0.139. The maximum absolute atomic E-state index is 14.6. The summed E-state index contributed by atoms with van der Waals surface area (Å²) < 4.78 is 76.6. The van der Waals surface area contributed by atoms with E-state index < -0.39 is 48.8 Å². The molecule has 0 atom stereocenters. The quantitative estimate of drug-likeness (QED) is 0.551. The number of hydrogen-bond acceptors (Lipinski definition) is 6. The Hall–Kier alpha value is -2.25. The third-order valence-electron chi connectivity index (χ3n) is 3.68. The van der Waals surface area contributed by atoms with E-state index in [1.807, 2.05) is 0 Å². The molecule has 0 spiro atoms. The number of fused-ring (bicyclic) bond motifs is 1. The van der Waals surface area contributed by atoms with Gasteiger partial charge in [-0.3, -0.25) is 9.36 Å². The molecule has 0 aliphatic heterocycles. The molecule has 0 aliphatic carbocycles. The van der Waals surface area contributed by atoms with E-state index in [0.29, 0.717) is 17.4 Å². The molecule has 0 amide bonds. The molecule has 7 nitrogen and oxygen atoms in total. The lowest BCUT2D eigenvalue weighted by Gasteiger charge is -2.14. The van der Waals surface area contributed by atoms with Crippen LogP contribution in [0.15, 0.2) is 26.1 Å². The van der Waals surface area contributed by atoms with Crippen molar-refractivity contribution in [1.29, 1.82) is 0 Å². The number of nitrogens with zero attached hydrogens (tertiary/aromatic N) is 3. The molecule has 2 aromatic heterocycles. The van der Waals surface area contributed by atoms with Gasteiger partial charge < -0.3 is 0 Å². The SMILES string of the molecule is Cn1c(C(F)(F)F)cc(=O)n(-c2c(F)cc(Cl)c3nc(S(C)(=O)=O)sc23)c1=O. The van der Waals surface area contributed by atoms with Crippen LogP contribution in [0.1, 0.15) is 5.69 Å². The van der Waals surface area contributed by atoms with Gasteiger partial charge >= 0.3 is 11.9 Å². The molecule has 0 saturated heterocycles. The van der Waals surface area contributed by atoms with Gasteiger partial charge in [-0.05, 0) is 6.07 Å². The van der Waals surface area contributed by atoms with E-state index in [2.05, 4.69) is 4.98 Å². The Bertz CT molecular complexity index is 1360. The van der Waals surface area contributed by atoms with E-state index in [1.54, 1.807) is 0 Å². The first-order chi connectivity index (χ1) is 12.7. The Balaban J connectivity index is 2.50. The highest BCUT2D eigenvalue weighted by molar-refractivity contribution is 7.92. The first kappa shape index (κ1) is 20.5. The molecule has 3 aromatic rings. The molecule has 28 heavy (non-hydrogen) atoms. The number of thiazole rings is 1. The summed E-state index contributed by atoms with van der Waals surface area (Å²) in [6, 6.07) is 0.828. The van der Waals surface area contributed by atoms with Crippen LogP contribution in [0.5, 0.6) is 0 Å². The lowest BCUT2D eigenvalue weighted by atomic mass is 10.2. The van der Waals surface area contributed by atoms with Crippen molar-refractivity contribution < 1.29 is 26.0 Å². The Kier molecular flexibility index (Phi) is 4.67. The van der Waals surface area contributed by atoms with Gasteiger partial charge in [0.1, 0.15) is 16.9 Å². The number of hydrogen-bond donors (Lipinski definition) is 0. The molecule has 150 valence electrons. The standard InChI is InChI=1S/C14H8ClF4N3O4S2/c1-21-7(14(17,18)19)4-8(23)22(13(21)24)10-6(16)3-5(15)9-11(10)27-12(20-9)28(2,25)26/h3-4H,1-2H3. The molecule has 0 aliphatic rings. The molecule has 3 rings (SSSR count). The molecule has 0 saturated carbocycles. The maximum atomic E-state index is 14.6. The summed E-state index contributed by atoms with van der Waals surface area (Å²) in [5, 5.41) is -0.292. The second-order valence-corrected chi connectivity index (χ2v) is 9.26. The zero-order chi connectivity index (χ0) is 21.2. The average Bonchev–Trinajstić information content (AvgIpc) is 2.98. The highest BCUT2D eigenvalue weighted by Gasteiger charge is 2.35. The molecule has 0 radical (unpaired) electrons. The highest BCUT2D eigenvalue weighted by Crippen LogP contribution is 2.36. The molecular formula is C14H8ClF4N3O4S2. The number of aromatic nitrogens is 3. The van der Waals surface area contributed by atoms with Gasteiger partial charge in [0.2, 0.25) is 14.2 Å². The van der Waals surface area contributed by atoms with E-state index >= 15 is 0 Å². The number of rotatable bonds is 2. The van der Waals surface area contributed by atoms with Crippen LogP contribution in [-0.4, -0.2) is 28.8 Å². The van der Waals surface area contributed by atoms with Crippen LogP contribution in [0, 0.1) is 5.82 Å². The van der Waals surface area contributed by atoms with Crippen molar-refractivity contribution >= 4 is 43.0 Å². The molecule has 14 heteroatoms. The van der Waals surface area contributed by atoms with Crippen molar-refractivity contribution in [2.45, 2.75) is 10.5 Å². The smallest absolute Gasteiger partial charge is 0.292 e. The average molecular weight is 458 g/mol. The van der Waals surface area contributed by atoms with Gasteiger partial charge in [-0.25, -0.2) is 27.2 Å². The molecule has 0 fully saturated rings. The summed E-state index contributed by atoms with van der Waals surface area (Å²) in [6.07, 6.45) is -4.16. The van der Waals surface area contributed by atoms with Crippen LogP contribution in [-0.2, 0) is 23.1 Å². The number of alkyl halides is 3. The minimum atomic E-state index is -4.99. The maximum Gasteiger partial charge on any atom is 0.431 e. The van der Waals surface area contributed by atoms with Gasteiger partial charge in [0.15, 0.2) is 5.82 Å². The van der Waals surface area contributed by atoms with Crippen molar-refractivity contribution in [3.05, 3.63) is 49.5 Å². The second-order valence-electron chi connectivity index (χ2n) is 5.66. The fourth-order valence-electron chi connectivity index (χ4n) is 2.45. The minimum Gasteiger partial charge on any atom is -0.292 e. The monoisotopic (exact) mass is 457 g/mol. The van der Waals surface area contributed by atoms with Crippen molar-refractivity contribution in [3.8, 4) is 5.69 Å². The number of halogens is 5. The fraction of sp³-hybridized carbons (Fsp3) is 0.214. The lowest BCUT2D eigenvalue weighted by molar-refractivity contribution is -0.144. The highest BCUT2D eigenvalue weighted by atomic mass is 35.5. The first-order valence-corrected chi connectivity index (χ1v) is 10.2. The predicted octanol–water partition coefficient (Wildman–Crippen LogP) is 2.36. The number of benzene rings is 1. The first-order valence-electron chi connectivity index (χ1n) is 7.12. The molecular weight excluding hydrogens is 450 g/mol. The van der Waals surface area contributed by atoms with Crippen molar-refractivity contribution in [3.63, 3.8) is 0 Å². The van der Waals surface area contributed by atoms with Crippen molar-refractivity contribution in [2.75, 3.05) is 6.26 Å². The van der Waals surface area contributed by atoms with Crippen molar-refractivity contribution in [2.24, 2.45) is 7.05 Å². The van der Waals surface area contributed by atoms with Crippen molar-refractivity contribution in [1.82, 2.24) is 14.1 Å². The Morgan fingerprint density at radius 2 is 1.82 bits per heavy atom. The van der Waals surface area contributed by atoms with Gasteiger partial charge in [-0.1, -0.05) is 11.6 Å². The van der Waals surface area contributed by atoms with E-state index in [-0.39, 0.29) is 30.4 Å². The lowest BCUT2D eigenvalue weighted by Crippen LogP contribution is -2.41. The zero-order valence-electron chi connectivity index (χ0n) is 13.8. The van der Waals surface area contributed by atoms with E-state index in [4.69, 9.17) is 11.6 Å². The van der Waals surface area contributed by atoms with Crippen LogP contribution in [0.4, 0.5) is 17.6 Å². The molecule has 0 bridgehead atoms. The zero-order valence-corrected chi connectivity index (χ0v) is 16.2. The molecule has 0 unspecified atom stereocenters. The summed E-state index contributed by atoms with van der Waals surface area (Å²) in [4.78, 5) is 28.5. The van der Waals surface area contributed by atoms with E-state index in [0.717, 1.165) is 13.3 Å². The topological polar surface area (TPSA) is 91.0 Å². The van der Waals surface area contributed by atoms with Gasteiger partial charge in [-0.2, -0.15) is 13.2 Å². The van der Waals surface area contributed by atoms with Gasteiger partial charge in [0.05, 0.1) is 9.72 Å².